The molecule has 5 rings (SSSR count). The molecule has 1 atom stereocenters. The number of hydrogen-bond donors (Lipinski definition) is 1. The molecule has 4 aromatic rings. The third kappa shape index (κ3) is 4.44. The zero-order valence-corrected chi connectivity index (χ0v) is 18.9. The Morgan fingerprint density at radius 2 is 1.91 bits per heavy atom. The topological polar surface area (TPSA) is 51.0 Å². The highest BCUT2D eigenvalue weighted by molar-refractivity contribution is 6.31. The summed E-state index contributed by atoms with van der Waals surface area (Å²) in [6.07, 6.45) is 8.54. The zero-order chi connectivity index (χ0) is 22.1. The van der Waals surface area contributed by atoms with Crippen LogP contribution in [-0.4, -0.2) is 16.0 Å². The van der Waals surface area contributed by atoms with Crippen molar-refractivity contribution in [1.82, 2.24) is 9.97 Å². The van der Waals surface area contributed by atoms with E-state index < -0.39 is 0 Å². The zero-order valence-electron chi connectivity index (χ0n) is 18.2. The molecule has 0 saturated heterocycles. The molecule has 1 N–H and O–H groups in total. The third-order valence-corrected chi connectivity index (χ3v) is 7.05. The Hall–Kier alpha value is -2.66. The molecular weight excluding hydrogens is 425 g/mol. The molecule has 0 spiro atoms. The number of fused-ring (bicyclic) bond motifs is 2. The Morgan fingerprint density at radius 1 is 1.09 bits per heavy atom. The van der Waals surface area contributed by atoms with Gasteiger partial charge in [0.25, 0.3) is 6.01 Å². The summed E-state index contributed by atoms with van der Waals surface area (Å²) in [6.45, 7) is 2.19. The van der Waals surface area contributed by atoms with Crippen LogP contribution in [-0.2, 0) is 0 Å². The lowest BCUT2D eigenvalue weighted by Crippen LogP contribution is -2.25. The summed E-state index contributed by atoms with van der Waals surface area (Å²) in [5.41, 5.74) is 3.63. The van der Waals surface area contributed by atoms with E-state index in [1.165, 1.54) is 24.5 Å². The number of nitrogens with one attached hydrogen (secondary N) is 1. The number of aromatic nitrogens is 2. The summed E-state index contributed by atoms with van der Waals surface area (Å²) < 4.78 is 19.7. The molecule has 6 heteroatoms. The van der Waals surface area contributed by atoms with E-state index in [2.05, 4.69) is 28.3 Å². The van der Waals surface area contributed by atoms with Gasteiger partial charge in [0.2, 0.25) is 0 Å². The molecule has 4 nitrogen and oxygen atoms in total. The number of anilines is 1. The predicted octanol–water partition coefficient (Wildman–Crippen LogP) is 7.72. The van der Waals surface area contributed by atoms with Crippen LogP contribution >= 0.6 is 11.6 Å². The van der Waals surface area contributed by atoms with E-state index >= 15 is 0 Å². The van der Waals surface area contributed by atoms with Crippen LogP contribution < -0.4 is 5.32 Å². The molecule has 1 saturated carbocycles. The van der Waals surface area contributed by atoms with E-state index in [1.807, 2.05) is 18.3 Å². The minimum absolute atomic E-state index is 0.196. The van der Waals surface area contributed by atoms with Crippen LogP contribution in [0, 0.1) is 11.7 Å². The quantitative estimate of drug-likeness (QED) is 0.326. The van der Waals surface area contributed by atoms with E-state index in [4.69, 9.17) is 16.0 Å². The molecule has 2 aromatic heterocycles. The molecule has 1 aliphatic rings. The van der Waals surface area contributed by atoms with Gasteiger partial charge in [-0.3, -0.25) is 4.98 Å². The number of hydrogen-bond acceptors (Lipinski definition) is 4. The van der Waals surface area contributed by atoms with Gasteiger partial charge in [0.15, 0.2) is 5.58 Å². The molecule has 32 heavy (non-hydrogen) atoms. The number of oxazole rings is 1. The molecule has 2 aromatic carbocycles. The summed E-state index contributed by atoms with van der Waals surface area (Å²) >= 11 is 6.06. The Labute approximate surface area is 192 Å². The van der Waals surface area contributed by atoms with Crippen LogP contribution in [0.1, 0.15) is 56.9 Å². The average molecular weight is 452 g/mol. The second-order valence-electron chi connectivity index (χ2n) is 8.90. The molecule has 1 aliphatic carbocycles. The maximum absolute atomic E-state index is 13.8. The van der Waals surface area contributed by atoms with E-state index in [0.29, 0.717) is 34.5 Å². The lowest BCUT2D eigenvalue weighted by atomic mass is 9.76. The molecule has 0 aliphatic heterocycles. The van der Waals surface area contributed by atoms with Crippen molar-refractivity contribution in [3.8, 4) is 0 Å². The molecule has 0 bridgehead atoms. The van der Waals surface area contributed by atoms with Gasteiger partial charge in [0, 0.05) is 28.7 Å². The van der Waals surface area contributed by atoms with Crippen LogP contribution in [0.5, 0.6) is 0 Å². The standard InChI is InChI=1S/C26H27ClFN3O/c1-2-20(30-26-31-24-9-7-18(27)14-25(24)32-26)13-16-3-5-17(6-4-16)21-11-12-29-23-10-8-19(28)15-22(21)23/h7-12,14-17,20H,2-6,13H2,1H3,(H,30,31). The van der Waals surface area contributed by atoms with Crippen molar-refractivity contribution < 1.29 is 8.81 Å². The summed E-state index contributed by atoms with van der Waals surface area (Å²) in [5, 5.41) is 5.09. The van der Waals surface area contributed by atoms with Gasteiger partial charge in [-0.05, 0) is 92.3 Å². The smallest absolute Gasteiger partial charge is 0.295 e. The van der Waals surface area contributed by atoms with Crippen molar-refractivity contribution in [2.45, 2.75) is 57.4 Å². The first-order valence-corrected chi connectivity index (χ1v) is 11.8. The van der Waals surface area contributed by atoms with Gasteiger partial charge < -0.3 is 9.73 Å². The summed E-state index contributed by atoms with van der Waals surface area (Å²) in [5.74, 6) is 0.930. The molecule has 1 fully saturated rings. The number of nitrogens with zero attached hydrogens (tertiary/aromatic N) is 2. The molecule has 0 amide bonds. The van der Waals surface area contributed by atoms with E-state index in [0.717, 1.165) is 42.1 Å². The minimum atomic E-state index is -0.196. The Bertz CT molecular complexity index is 1230. The van der Waals surface area contributed by atoms with Crippen molar-refractivity contribution in [1.29, 1.82) is 0 Å². The van der Waals surface area contributed by atoms with Crippen molar-refractivity contribution >= 4 is 39.6 Å². The number of rotatable bonds is 6. The Balaban J connectivity index is 1.22. The number of benzene rings is 2. The fraction of sp³-hybridized carbons (Fsp3) is 0.385. The Kier molecular flexibility index (Phi) is 6.01. The highest BCUT2D eigenvalue weighted by Gasteiger charge is 2.26. The third-order valence-electron chi connectivity index (χ3n) is 6.81. The fourth-order valence-electron chi connectivity index (χ4n) is 5.07. The highest BCUT2D eigenvalue weighted by Crippen LogP contribution is 2.40. The van der Waals surface area contributed by atoms with Crippen molar-refractivity contribution in [2.75, 3.05) is 5.32 Å². The van der Waals surface area contributed by atoms with Crippen molar-refractivity contribution in [3.05, 3.63) is 65.1 Å². The van der Waals surface area contributed by atoms with Crippen LogP contribution in [0.4, 0.5) is 10.4 Å². The molecule has 166 valence electrons. The summed E-state index contributed by atoms with van der Waals surface area (Å²) in [4.78, 5) is 8.96. The monoisotopic (exact) mass is 451 g/mol. The molecule has 2 heterocycles. The lowest BCUT2D eigenvalue weighted by Gasteiger charge is -2.31. The van der Waals surface area contributed by atoms with Gasteiger partial charge in [0.1, 0.15) is 11.3 Å². The first-order valence-electron chi connectivity index (χ1n) is 11.5. The second-order valence-corrected chi connectivity index (χ2v) is 9.33. The fourth-order valence-corrected chi connectivity index (χ4v) is 5.23. The van der Waals surface area contributed by atoms with Gasteiger partial charge in [-0.25, -0.2) is 4.39 Å². The average Bonchev–Trinajstić information content (AvgIpc) is 3.20. The van der Waals surface area contributed by atoms with E-state index in [9.17, 15) is 4.39 Å². The SMILES string of the molecule is CCC(CC1CCC(c2ccnc3ccc(F)cc23)CC1)Nc1nc2ccc(Cl)cc2o1. The first kappa shape index (κ1) is 21.2. The predicted molar refractivity (Wildman–Crippen MR) is 128 cm³/mol. The summed E-state index contributed by atoms with van der Waals surface area (Å²) in [7, 11) is 0. The van der Waals surface area contributed by atoms with Gasteiger partial charge in [-0.1, -0.05) is 18.5 Å². The van der Waals surface area contributed by atoms with Crippen LogP contribution in [0.3, 0.4) is 0 Å². The second kappa shape index (κ2) is 9.07. The first-order chi connectivity index (χ1) is 15.6. The molecular formula is C26H27ClFN3O. The van der Waals surface area contributed by atoms with E-state index in [1.54, 1.807) is 18.2 Å². The van der Waals surface area contributed by atoms with Gasteiger partial charge in [-0.2, -0.15) is 4.98 Å². The van der Waals surface area contributed by atoms with Gasteiger partial charge in [-0.15, -0.1) is 0 Å². The minimum Gasteiger partial charge on any atom is -0.423 e. The van der Waals surface area contributed by atoms with Crippen LogP contribution in [0.25, 0.3) is 22.0 Å². The lowest BCUT2D eigenvalue weighted by molar-refractivity contribution is 0.296. The molecule has 1 unspecified atom stereocenters. The number of pyridine rings is 1. The van der Waals surface area contributed by atoms with Crippen LogP contribution in [0.15, 0.2) is 53.1 Å². The normalized spacial score (nSPS) is 20.0. The summed E-state index contributed by atoms with van der Waals surface area (Å²) in [6, 6.07) is 13.3. The maximum Gasteiger partial charge on any atom is 0.295 e. The van der Waals surface area contributed by atoms with Gasteiger partial charge in [0.05, 0.1) is 5.52 Å². The number of halogens is 2. The highest BCUT2D eigenvalue weighted by atomic mass is 35.5. The maximum atomic E-state index is 13.8. The van der Waals surface area contributed by atoms with Crippen molar-refractivity contribution in [3.63, 3.8) is 0 Å². The van der Waals surface area contributed by atoms with Gasteiger partial charge >= 0.3 is 0 Å². The Morgan fingerprint density at radius 3 is 2.72 bits per heavy atom. The largest absolute Gasteiger partial charge is 0.423 e. The molecule has 0 radical (unpaired) electrons. The van der Waals surface area contributed by atoms with Crippen molar-refractivity contribution in [2.24, 2.45) is 5.92 Å². The van der Waals surface area contributed by atoms with E-state index in [-0.39, 0.29) is 5.82 Å². The van der Waals surface area contributed by atoms with Crippen LogP contribution in [0.2, 0.25) is 5.02 Å².